The molecule has 0 saturated carbocycles. The molecule has 2 aromatic carbocycles. The lowest BCUT2D eigenvalue weighted by atomic mass is 10.1. The number of sulfonamides is 1. The summed E-state index contributed by atoms with van der Waals surface area (Å²) >= 11 is 5.91. The molecule has 1 N–H and O–H groups in total. The van der Waals surface area contributed by atoms with Crippen LogP contribution in [0.4, 0.5) is 11.4 Å². The molecule has 0 heterocycles. The third kappa shape index (κ3) is 5.22. The fraction of sp³-hybridized carbons (Fsp3) is 0.316. The first kappa shape index (κ1) is 20.3. The third-order valence-electron chi connectivity index (χ3n) is 4.18. The van der Waals surface area contributed by atoms with Crippen molar-refractivity contribution < 1.29 is 13.2 Å². The van der Waals surface area contributed by atoms with Gasteiger partial charge in [-0.15, -0.1) is 0 Å². The molecular weight excluding hydrogens is 372 g/mol. The molecule has 0 aliphatic heterocycles. The smallest absolute Gasteiger partial charge is 0.232 e. The normalized spacial score (nSPS) is 11.3. The predicted octanol–water partition coefficient (Wildman–Crippen LogP) is 4.06. The van der Waals surface area contributed by atoms with Crippen LogP contribution in [-0.4, -0.2) is 27.1 Å². The van der Waals surface area contributed by atoms with Crippen LogP contribution in [0.2, 0.25) is 5.02 Å². The van der Waals surface area contributed by atoms with Gasteiger partial charge in [-0.25, -0.2) is 8.42 Å². The predicted molar refractivity (Wildman–Crippen MR) is 108 cm³/mol. The third-order valence-corrected chi connectivity index (χ3v) is 5.61. The minimum Gasteiger partial charge on any atom is -0.326 e. The Bertz CT molecular complexity index is 926. The Kier molecular flexibility index (Phi) is 6.31. The van der Waals surface area contributed by atoms with Crippen LogP contribution in [0, 0.1) is 20.8 Å². The van der Waals surface area contributed by atoms with Crippen molar-refractivity contribution in [3.8, 4) is 0 Å². The molecule has 2 aromatic rings. The quantitative estimate of drug-likeness (QED) is 0.803. The van der Waals surface area contributed by atoms with Crippen LogP contribution in [0.5, 0.6) is 0 Å². The van der Waals surface area contributed by atoms with Crippen molar-refractivity contribution in [3.05, 3.63) is 58.1 Å². The number of carbonyl (C=O) groups is 1. The highest BCUT2D eigenvalue weighted by atomic mass is 35.5. The molecular formula is C19H23ClN2O3S. The monoisotopic (exact) mass is 394 g/mol. The lowest BCUT2D eigenvalue weighted by Crippen LogP contribution is -2.33. The molecule has 0 radical (unpaired) electrons. The van der Waals surface area contributed by atoms with Gasteiger partial charge in [0.1, 0.15) is 0 Å². The average Bonchev–Trinajstić information content (AvgIpc) is 2.52. The first-order chi connectivity index (χ1) is 12.1. The van der Waals surface area contributed by atoms with E-state index in [9.17, 15) is 13.2 Å². The zero-order valence-corrected chi connectivity index (χ0v) is 16.9. The Labute approximate surface area is 160 Å². The first-order valence-corrected chi connectivity index (χ1v) is 10.4. The fourth-order valence-corrected chi connectivity index (χ4v) is 3.70. The van der Waals surface area contributed by atoms with E-state index in [0.717, 1.165) is 22.9 Å². The second-order valence-electron chi connectivity index (χ2n) is 6.36. The van der Waals surface area contributed by atoms with Crippen LogP contribution in [0.1, 0.15) is 23.1 Å². The summed E-state index contributed by atoms with van der Waals surface area (Å²) in [6, 6.07) is 10.6. The van der Waals surface area contributed by atoms with Crippen molar-refractivity contribution in [2.75, 3.05) is 22.4 Å². The van der Waals surface area contributed by atoms with Gasteiger partial charge in [0.25, 0.3) is 0 Å². The Morgan fingerprint density at radius 3 is 2.31 bits per heavy atom. The van der Waals surface area contributed by atoms with Crippen molar-refractivity contribution in [1.82, 2.24) is 0 Å². The van der Waals surface area contributed by atoms with Gasteiger partial charge in [0.15, 0.2) is 0 Å². The maximum Gasteiger partial charge on any atom is 0.232 e. The number of benzene rings is 2. The van der Waals surface area contributed by atoms with Crippen molar-refractivity contribution >= 4 is 38.9 Å². The zero-order valence-electron chi connectivity index (χ0n) is 15.3. The standard InChI is InChI=1S/C19H23ClN2O3S/c1-13-5-7-17(12-14(13)2)22(26(4,24)25)10-9-19(23)21-18-8-6-16(20)11-15(18)3/h5-8,11-12H,9-10H2,1-4H3,(H,21,23). The van der Waals surface area contributed by atoms with Crippen LogP contribution in [0.3, 0.4) is 0 Å². The van der Waals surface area contributed by atoms with E-state index in [1.54, 1.807) is 24.3 Å². The van der Waals surface area contributed by atoms with Crippen molar-refractivity contribution in [1.29, 1.82) is 0 Å². The summed E-state index contributed by atoms with van der Waals surface area (Å²) in [6.45, 7) is 5.81. The number of anilines is 2. The highest BCUT2D eigenvalue weighted by Gasteiger charge is 2.19. The van der Waals surface area contributed by atoms with Crippen LogP contribution in [0.25, 0.3) is 0 Å². The largest absolute Gasteiger partial charge is 0.326 e. The van der Waals surface area contributed by atoms with Crippen molar-refractivity contribution in [2.45, 2.75) is 27.2 Å². The second kappa shape index (κ2) is 8.10. The Morgan fingerprint density at radius 2 is 1.73 bits per heavy atom. The minimum absolute atomic E-state index is 0.0437. The summed E-state index contributed by atoms with van der Waals surface area (Å²) in [5, 5.41) is 3.39. The molecule has 2 rings (SSSR count). The SMILES string of the molecule is Cc1ccc(N(CCC(=O)Nc2ccc(Cl)cc2C)S(C)(=O)=O)cc1C. The lowest BCUT2D eigenvalue weighted by Gasteiger charge is -2.23. The maximum absolute atomic E-state index is 12.3. The van der Waals surface area contributed by atoms with Crippen LogP contribution < -0.4 is 9.62 Å². The van der Waals surface area contributed by atoms with Crippen LogP contribution in [-0.2, 0) is 14.8 Å². The summed E-state index contributed by atoms with van der Waals surface area (Å²) in [4.78, 5) is 12.3. The van der Waals surface area contributed by atoms with Crippen molar-refractivity contribution in [3.63, 3.8) is 0 Å². The summed E-state index contributed by atoms with van der Waals surface area (Å²) in [6.07, 6.45) is 1.19. The second-order valence-corrected chi connectivity index (χ2v) is 8.70. The fourth-order valence-electron chi connectivity index (χ4n) is 2.55. The van der Waals surface area contributed by atoms with Gasteiger partial charge in [0.05, 0.1) is 11.9 Å². The molecule has 0 saturated heterocycles. The molecule has 0 aliphatic carbocycles. The highest BCUT2D eigenvalue weighted by molar-refractivity contribution is 7.92. The molecule has 0 fully saturated rings. The van der Waals surface area contributed by atoms with E-state index in [4.69, 9.17) is 11.6 Å². The number of carbonyl (C=O) groups excluding carboxylic acids is 1. The number of nitrogens with one attached hydrogen (secondary N) is 1. The molecule has 0 atom stereocenters. The van der Waals surface area contributed by atoms with Gasteiger partial charge in [0.2, 0.25) is 15.9 Å². The number of rotatable bonds is 6. The van der Waals surface area contributed by atoms with E-state index in [0.29, 0.717) is 16.4 Å². The molecule has 0 unspecified atom stereocenters. The van der Waals surface area contributed by atoms with E-state index in [1.165, 1.54) is 4.31 Å². The van der Waals surface area contributed by atoms with Crippen molar-refractivity contribution in [2.24, 2.45) is 0 Å². The summed E-state index contributed by atoms with van der Waals surface area (Å²) in [5.74, 6) is -0.257. The van der Waals surface area contributed by atoms with Crippen LogP contribution in [0.15, 0.2) is 36.4 Å². The Hall–Kier alpha value is -2.05. The van der Waals surface area contributed by atoms with Gasteiger partial charge in [-0.05, 0) is 67.8 Å². The van der Waals surface area contributed by atoms with Gasteiger partial charge < -0.3 is 5.32 Å². The highest BCUT2D eigenvalue weighted by Crippen LogP contribution is 2.22. The average molecular weight is 395 g/mol. The summed E-state index contributed by atoms with van der Waals surface area (Å²) in [5.41, 5.74) is 4.15. The molecule has 0 aliphatic rings. The van der Waals surface area contributed by atoms with Gasteiger partial charge in [-0.3, -0.25) is 9.10 Å². The minimum atomic E-state index is -3.49. The molecule has 5 nitrogen and oxygen atoms in total. The summed E-state index contributed by atoms with van der Waals surface area (Å²) < 4.78 is 25.6. The maximum atomic E-state index is 12.3. The Balaban J connectivity index is 2.12. The van der Waals surface area contributed by atoms with Gasteiger partial charge in [-0.1, -0.05) is 17.7 Å². The zero-order chi connectivity index (χ0) is 19.5. The molecule has 0 bridgehead atoms. The van der Waals surface area contributed by atoms with Gasteiger partial charge in [0, 0.05) is 23.7 Å². The molecule has 140 valence electrons. The lowest BCUT2D eigenvalue weighted by molar-refractivity contribution is -0.116. The van der Waals surface area contributed by atoms with E-state index in [2.05, 4.69) is 5.32 Å². The van der Waals surface area contributed by atoms with E-state index in [1.807, 2.05) is 32.9 Å². The molecule has 0 spiro atoms. The molecule has 0 aromatic heterocycles. The topological polar surface area (TPSA) is 66.5 Å². The van der Waals surface area contributed by atoms with E-state index < -0.39 is 10.0 Å². The number of nitrogens with zero attached hydrogens (tertiary/aromatic N) is 1. The number of hydrogen-bond acceptors (Lipinski definition) is 3. The first-order valence-electron chi connectivity index (χ1n) is 8.19. The molecule has 26 heavy (non-hydrogen) atoms. The number of amides is 1. The summed E-state index contributed by atoms with van der Waals surface area (Å²) in [7, 11) is -3.49. The van der Waals surface area contributed by atoms with Crippen LogP contribution >= 0.6 is 11.6 Å². The number of hydrogen-bond donors (Lipinski definition) is 1. The van der Waals surface area contributed by atoms with Gasteiger partial charge >= 0.3 is 0 Å². The number of halogens is 1. The number of aryl methyl sites for hydroxylation is 3. The van der Waals surface area contributed by atoms with E-state index in [-0.39, 0.29) is 18.9 Å². The molecule has 1 amide bonds. The Morgan fingerprint density at radius 1 is 1.04 bits per heavy atom. The van der Waals surface area contributed by atoms with E-state index >= 15 is 0 Å². The van der Waals surface area contributed by atoms with Gasteiger partial charge in [-0.2, -0.15) is 0 Å². The molecule has 7 heteroatoms.